The van der Waals surface area contributed by atoms with Crippen LogP contribution in [0.3, 0.4) is 0 Å². The number of carbonyl (C=O) groups excluding carboxylic acids is 4. The first-order valence-electron chi connectivity index (χ1n) is 9.15. The number of benzene rings is 2. The van der Waals surface area contributed by atoms with E-state index in [1.54, 1.807) is 19.1 Å². The number of amides is 2. The van der Waals surface area contributed by atoms with Crippen LogP contribution in [0.2, 0.25) is 0 Å². The molecule has 0 unspecified atom stereocenters. The third-order valence-electron chi connectivity index (χ3n) is 3.73. The van der Waals surface area contributed by atoms with E-state index in [0.29, 0.717) is 16.9 Å². The molecular formula is C21H21FN2O6. The van der Waals surface area contributed by atoms with Crippen LogP contribution in [0.4, 0.5) is 15.8 Å². The molecule has 0 atom stereocenters. The lowest BCUT2D eigenvalue weighted by molar-refractivity contribution is -0.147. The topological polar surface area (TPSA) is 111 Å². The van der Waals surface area contributed by atoms with Crippen LogP contribution in [0.25, 0.3) is 0 Å². The largest absolute Gasteiger partial charge is 0.462 e. The predicted molar refractivity (Wildman–Crippen MR) is 106 cm³/mol. The van der Waals surface area contributed by atoms with Gasteiger partial charge in [0.05, 0.1) is 18.6 Å². The van der Waals surface area contributed by atoms with Gasteiger partial charge in [0.2, 0.25) is 5.91 Å². The number of halogens is 1. The van der Waals surface area contributed by atoms with Gasteiger partial charge in [-0.15, -0.1) is 0 Å². The summed E-state index contributed by atoms with van der Waals surface area (Å²) in [6.45, 7) is 1.45. The molecule has 0 heterocycles. The van der Waals surface area contributed by atoms with Gasteiger partial charge in [0, 0.05) is 17.8 Å². The molecule has 2 N–H and O–H groups in total. The predicted octanol–water partition coefficient (Wildman–Crippen LogP) is 2.90. The molecule has 2 amide bonds. The van der Waals surface area contributed by atoms with Crippen LogP contribution in [0, 0.1) is 5.82 Å². The maximum atomic E-state index is 12.8. The minimum atomic E-state index is -0.711. The lowest BCUT2D eigenvalue weighted by Crippen LogP contribution is -2.21. The maximum Gasteiger partial charge on any atom is 0.338 e. The molecule has 0 spiro atoms. The quantitative estimate of drug-likeness (QED) is 0.608. The standard InChI is InChI=1S/C21H21FN2O6/c1-2-29-21(28)14-3-7-16(8-4-14)23-18(25)11-12-20(27)30-13-19(26)24-17-9-5-15(22)6-10-17/h3-10H,2,11-13H2,1H3,(H,23,25)(H,24,26). The summed E-state index contributed by atoms with van der Waals surface area (Å²) in [4.78, 5) is 46.9. The molecule has 0 radical (unpaired) electrons. The highest BCUT2D eigenvalue weighted by molar-refractivity contribution is 5.95. The Morgan fingerprint density at radius 1 is 0.800 bits per heavy atom. The fourth-order valence-electron chi connectivity index (χ4n) is 2.29. The van der Waals surface area contributed by atoms with Gasteiger partial charge in [-0.25, -0.2) is 9.18 Å². The molecule has 0 aromatic heterocycles. The van der Waals surface area contributed by atoms with E-state index in [0.717, 1.165) is 0 Å². The fraction of sp³-hybridized carbons (Fsp3) is 0.238. The number of hydrogen-bond acceptors (Lipinski definition) is 6. The molecule has 2 aromatic carbocycles. The summed E-state index contributed by atoms with van der Waals surface area (Å²) in [5, 5.41) is 5.04. The van der Waals surface area contributed by atoms with Gasteiger partial charge in [0.25, 0.3) is 5.91 Å². The summed E-state index contributed by atoms with van der Waals surface area (Å²) in [6.07, 6.45) is -0.353. The monoisotopic (exact) mass is 416 g/mol. The Bertz CT molecular complexity index is 897. The third kappa shape index (κ3) is 7.70. The molecule has 2 rings (SSSR count). The average molecular weight is 416 g/mol. The van der Waals surface area contributed by atoms with Crippen molar-refractivity contribution in [3.8, 4) is 0 Å². The van der Waals surface area contributed by atoms with Crippen molar-refractivity contribution in [1.29, 1.82) is 0 Å². The average Bonchev–Trinajstić information content (AvgIpc) is 2.73. The second kappa shape index (κ2) is 11.3. The molecule has 158 valence electrons. The van der Waals surface area contributed by atoms with E-state index in [-0.39, 0.29) is 19.4 Å². The van der Waals surface area contributed by atoms with Crippen molar-refractivity contribution in [2.75, 3.05) is 23.8 Å². The lowest BCUT2D eigenvalue weighted by atomic mass is 10.2. The minimum absolute atomic E-state index is 0.141. The van der Waals surface area contributed by atoms with Crippen molar-refractivity contribution in [1.82, 2.24) is 0 Å². The molecule has 0 fully saturated rings. The smallest absolute Gasteiger partial charge is 0.338 e. The van der Waals surface area contributed by atoms with Crippen LogP contribution >= 0.6 is 0 Å². The van der Waals surface area contributed by atoms with Crippen molar-refractivity contribution in [3.05, 3.63) is 59.9 Å². The molecule has 9 heteroatoms. The van der Waals surface area contributed by atoms with E-state index >= 15 is 0 Å². The molecule has 0 aliphatic carbocycles. The number of nitrogens with one attached hydrogen (secondary N) is 2. The Kier molecular flexibility index (Phi) is 8.49. The van der Waals surface area contributed by atoms with E-state index in [2.05, 4.69) is 10.6 Å². The molecular weight excluding hydrogens is 395 g/mol. The zero-order valence-corrected chi connectivity index (χ0v) is 16.3. The van der Waals surface area contributed by atoms with Gasteiger partial charge in [-0.1, -0.05) is 0 Å². The molecule has 30 heavy (non-hydrogen) atoms. The Hall–Kier alpha value is -3.75. The Morgan fingerprint density at radius 2 is 1.37 bits per heavy atom. The second-order valence-electron chi connectivity index (χ2n) is 6.06. The van der Waals surface area contributed by atoms with Gasteiger partial charge in [-0.3, -0.25) is 14.4 Å². The molecule has 0 aliphatic rings. The number of carbonyl (C=O) groups is 4. The molecule has 0 saturated heterocycles. The van der Waals surface area contributed by atoms with Crippen molar-refractivity contribution in [2.45, 2.75) is 19.8 Å². The van der Waals surface area contributed by atoms with Crippen molar-refractivity contribution in [3.63, 3.8) is 0 Å². The highest BCUT2D eigenvalue weighted by Gasteiger charge is 2.12. The first-order valence-corrected chi connectivity index (χ1v) is 9.15. The summed E-state index contributed by atoms with van der Waals surface area (Å²) in [5.41, 5.74) is 1.18. The van der Waals surface area contributed by atoms with E-state index < -0.39 is 36.2 Å². The summed E-state index contributed by atoms with van der Waals surface area (Å²) >= 11 is 0. The molecule has 2 aromatic rings. The van der Waals surface area contributed by atoms with Gasteiger partial charge >= 0.3 is 11.9 Å². The number of rotatable bonds is 9. The Balaban J connectivity index is 1.68. The molecule has 0 saturated carbocycles. The molecule has 0 aliphatic heterocycles. The Labute approximate surface area is 172 Å². The summed E-state index contributed by atoms with van der Waals surface area (Å²) in [6, 6.07) is 11.2. The normalized spacial score (nSPS) is 10.1. The van der Waals surface area contributed by atoms with E-state index in [1.165, 1.54) is 36.4 Å². The van der Waals surface area contributed by atoms with E-state index in [1.807, 2.05) is 0 Å². The van der Waals surface area contributed by atoms with E-state index in [9.17, 15) is 23.6 Å². The van der Waals surface area contributed by atoms with Crippen LogP contribution in [0.15, 0.2) is 48.5 Å². The van der Waals surface area contributed by atoms with Gasteiger partial charge in [0.1, 0.15) is 5.82 Å². The first kappa shape index (κ1) is 22.5. The highest BCUT2D eigenvalue weighted by Crippen LogP contribution is 2.12. The SMILES string of the molecule is CCOC(=O)c1ccc(NC(=O)CCC(=O)OCC(=O)Nc2ccc(F)cc2)cc1. The van der Waals surface area contributed by atoms with E-state index in [4.69, 9.17) is 9.47 Å². The Morgan fingerprint density at radius 3 is 1.97 bits per heavy atom. The summed E-state index contributed by atoms with van der Waals surface area (Å²) < 4.78 is 22.5. The first-order chi connectivity index (χ1) is 14.4. The van der Waals surface area contributed by atoms with Crippen LogP contribution in [-0.4, -0.2) is 37.0 Å². The fourth-order valence-corrected chi connectivity index (χ4v) is 2.29. The van der Waals surface area contributed by atoms with Crippen LogP contribution in [0.1, 0.15) is 30.1 Å². The second-order valence-corrected chi connectivity index (χ2v) is 6.06. The van der Waals surface area contributed by atoms with Gasteiger partial charge in [-0.05, 0) is 55.5 Å². The van der Waals surface area contributed by atoms with Gasteiger partial charge < -0.3 is 20.1 Å². The van der Waals surface area contributed by atoms with Crippen molar-refractivity contribution >= 4 is 35.1 Å². The summed E-state index contributed by atoms with van der Waals surface area (Å²) in [7, 11) is 0. The zero-order chi connectivity index (χ0) is 21.9. The van der Waals surface area contributed by atoms with Gasteiger partial charge in [0.15, 0.2) is 6.61 Å². The van der Waals surface area contributed by atoms with Crippen LogP contribution < -0.4 is 10.6 Å². The third-order valence-corrected chi connectivity index (χ3v) is 3.73. The number of hydrogen-bond donors (Lipinski definition) is 2. The molecule has 0 bridgehead atoms. The van der Waals surface area contributed by atoms with Crippen molar-refractivity contribution in [2.24, 2.45) is 0 Å². The molecule has 8 nitrogen and oxygen atoms in total. The maximum absolute atomic E-state index is 12.8. The van der Waals surface area contributed by atoms with Gasteiger partial charge in [-0.2, -0.15) is 0 Å². The lowest BCUT2D eigenvalue weighted by Gasteiger charge is -2.08. The minimum Gasteiger partial charge on any atom is -0.462 e. The van der Waals surface area contributed by atoms with Crippen molar-refractivity contribution < 1.29 is 33.0 Å². The van der Waals surface area contributed by atoms with Crippen LogP contribution in [-0.2, 0) is 23.9 Å². The number of esters is 2. The summed E-state index contributed by atoms with van der Waals surface area (Å²) in [5.74, 6) is -2.61. The zero-order valence-electron chi connectivity index (χ0n) is 16.3. The number of anilines is 2. The number of ether oxygens (including phenoxy) is 2. The van der Waals surface area contributed by atoms with Crippen LogP contribution in [0.5, 0.6) is 0 Å². The highest BCUT2D eigenvalue weighted by atomic mass is 19.1.